The van der Waals surface area contributed by atoms with Gasteiger partial charge in [0.15, 0.2) is 0 Å². The Kier molecular flexibility index (Phi) is 6.60. The summed E-state index contributed by atoms with van der Waals surface area (Å²) in [5.74, 6) is -0.681. The van der Waals surface area contributed by atoms with Crippen molar-refractivity contribution in [2.45, 2.75) is 43.9 Å². The Hall–Kier alpha value is -1.87. The van der Waals surface area contributed by atoms with Gasteiger partial charge in [-0.05, 0) is 18.5 Å². The van der Waals surface area contributed by atoms with Gasteiger partial charge in [-0.3, -0.25) is 4.79 Å². The van der Waals surface area contributed by atoms with Gasteiger partial charge in [0.2, 0.25) is 0 Å². The molecule has 23 heavy (non-hydrogen) atoms. The molecule has 1 N–H and O–H groups in total. The third-order valence-corrected chi connectivity index (χ3v) is 8.45. The number of aliphatic carboxylic acids is 1. The molecule has 0 spiro atoms. The van der Waals surface area contributed by atoms with Gasteiger partial charge in [-0.25, -0.2) is 0 Å². The number of unbranched alkanes of at least 4 members (excludes halogenated alkanes) is 1. The summed E-state index contributed by atoms with van der Waals surface area (Å²) in [7, 11) is -1.50. The van der Waals surface area contributed by atoms with E-state index in [1.54, 1.807) is 0 Å². The number of carbonyl (C=O) groups is 1. The van der Waals surface area contributed by atoms with Gasteiger partial charge in [0.05, 0.1) is 8.07 Å². The van der Waals surface area contributed by atoms with E-state index in [1.165, 1.54) is 17.2 Å². The molecule has 122 valence electrons. The van der Waals surface area contributed by atoms with Crippen LogP contribution in [0.25, 0.3) is 0 Å². The van der Waals surface area contributed by atoms with Crippen LogP contribution in [0.15, 0.2) is 60.7 Å². The van der Waals surface area contributed by atoms with Crippen molar-refractivity contribution < 1.29 is 9.90 Å². The molecule has 0 amide bonds. The molecule has 2 nitrogen and oxygen atoms in total. The zero-order valence-corrected chi connectivity index (χ0v) is 14.9. The summed E-state index contributed by atoms with van der Waals surface area (Å²) in [6, 6.07) is 24.9. The van der Waals surface area contributed by atoms with E-state index in [-0.39, 0.29) is 0 Å². The van der Waals surface area contributed by atoms with Crippen molar-refractivity contribution in [1.82, 2.24) is 0 Å². The average molecular weight is 327 g/mol. The summed E-state index contributed by atoms with van der Waals surface area (Å²) in [4.78, 5) is 10.7. The summed E-state index contributed by atoms with van der Waals surface area (Å²) in [5.41, 5.74) is 2.83. The topological polar surface area (TPSA) is 37.3 Å². The first-order valence-electron chi connectivity index (χ1n) is 8.37. The molecule has 2 aromatic carbocycles. The highest BCUT2D eigenvalue weighted by Gasteiger charge is 2.27. The van der Waals surface area contributed by atoms with Crippen LogP contribution in [0, 0.1) is 0 Å². The average Bonchev–Trinajstić information content (AvgIpc) is 2.53. The molecule has 0 radical (unpaired) electrons. The van der Waals surface area contributed by atoms with E-state index in [0.717, 1.165) is 24.9 Å². The van der Waals surface area contributed by atoms with Crippen LogP contribution in [0.4, 0.5) is 0 Å². The molecule has 2 rings (SSSR count). The van der Waals surface area contributed by atoms with Crippen LogP contribution in [0.5, 0.6) is 0 Å². The predicted octanol–water partition coefficient (Wildman–Crippen LogP) is 4.88. The van der Waals surface area contributed by atoms with E-state index < -0.39 is 14.0 Å². The maximum atomic E-state index is 10.7. The summed E-state index contributed by atoms with van der Waals surface area (Å²) in [5, 5.41) is 8.82. The summed E-state index contributed by atoms with van der Waals surface area (Å²) < 4.78 is 0. The first-order valence-corrected chi connectivity index (χ1v) is 11.5. The summed E-state index contributed by atoms with van der Waals surface area (Å²) in [6.07, 6.45) is 2.11. The zero-order chi connectivity index (χ0) is 16.5. The number of benzene rings is 2. The van der Waals surface area contributed by atoms with E-state index in [4.69, 9.17) is 5.11 Å². The molecule has 0 unspecified atom stereocenters. The van der Waals surface area contributed by atoms with Crippen molar-refractivity contribution in [3.8, 4) is 0 Å². The van der Waals surface area contributed by atoms with Crippen LogP contribution < -0.4 is 0 Å². The first kappa shape index (κ1) is 17.5. The molecule has 0 aliphatic rings. The van der Waals surface area contributed by atoms with Crippen molar-refractivity contribution in [3.05, 3.63) is 71.8 Å². The molecular weight excluding hydrogens is 300 g/mol. The third-order valence-electron chi connectivity index (χ3n) is 4.37. The van der Waals surface area contributed by atoms with Crippen LogP contribution in [0.1, 0.15) is 30.4 Å². The fraction of sp³-hybridized carbons (Fsp3) is 0.350. The predicted molar refractivity (Wildman–Crippen MR) is 98.2 cm³/mol. The molecule has 0 aromatic heterocycles. The van der Waals surface area contributed by atoms with Gasteiger partial charge in [0.25, 0.3) is 0 Å². The van der Waals surface area contributed by atoms with E-state index in [1.807, 2.05) is 0 Å². The van der Waals surface area contributed by atoms with Crippen LogP contribution in [-0.4, -0.2) is 19.1 Å². The van der Waals surface area contributed by atoms with Gasteiger partial charge in [0.1, 0.15) is 0 Å². The van der Waals surface area contributed by atoms with Gasteiger partial charge in [-0.2, -0.15) is 0 Å². The van der Waals surface area contributed by atoms with Gasteiger partial charge >= 0.3 is 5.97 Å². The maximum absolute atomic E-state index is 10.7. The number of hydrogen-bond acceptors (Lipinski definition) is 1. The monoisotopic (exact) mass is 326 g/mol. The second-order valence-electron chi connectivity index (χ2n) is 6.74. The van der Waals surface area contributed by atoms with E-state index in [2.05, 4.69) is 67.2 Å². The third kappa shape index (κ3) is 6.41. The van der Waals surface area contributed by atoms with Gasteiger partial charge in [-0.15, -0.1) is 0 Å². The van der Waals surface area contributed by atoms with Gasteiger partial charge in [-0.1, -0.05) is 90.8 Å². The first-order chi connectivity index (χ1) is 11.1. The number of carboxylic acid groups (broad SMARTS) is 1. The number of carboxylic acids is 1. The van der Waals surface area contributed by atoms with Gasteiger partial charge in [0, 0.05) is 6.42 Å². The van der Waals surface area contributed by atoms with Crippen molar-refractivity contribution in [2.75, 3.05) is 0 Å². The quantitative estimate of drug-likeness (QED) is 0.526. The van der Waals surface area contributed by atoms with Crippen LogP contribution in [0.3, 0.4) is 0 Å². The lowest BCUT2D eigenvalue weighted by Gasteiger charge is -2.28. The molecule has 0 fully saturated rings. The number of rotatable bonds is 9. The van der Waals surface area contributed by atoms with Crippen LogP contribution in [-0.2, 0) is 16.9 Å². The lowest BCUT2D eigenvalue weighted by Crippen LogP contribution is -2.37. The van der Waals surface area contributed by atoms with E-state index in [9.17, 15) is 4.79 Å². The fourth-order valence-corrected chi connectivity index (χ4v) is 7.27. The van der Waals surface area contributed by atoms with Crippen molar-refractivity contribution in [2.24, 2.45) is 0 Å². The smallest absolute Gasteiger partial charge is 0.303 e. The van der Waals surface area contributed by atoms with Crippen molar-refractivity contribution in [3.63, 3.8) is 0 Å². The molecule has 0 saturated heterocycles. The molecule has 3 heteroatoms. The second-order valence-corrected chi connectivity index (χ2v) is 11.6. The molecule has 0 bridgehead atoms. The lowest BCUT2D eigenvalue weighted by atomic mass is 10.2. The normalized spacial score (nSPS) is 11.3. The summed E-state index contributed by atoms with van der Waals surface area (Å²) >= 11 is 0. The molecule has 0 aliphatic heterocycles. The molecular formula is C20H26O2Si. The largest absolute Gasteiger partial charge is 0.481 e. The standard InChI is InChI=1S/C20H26O2Si/c1-23(15-9-8-14-20(21)22,16-18-10-4-2-5-11-18)17-19-12-6-3-7-13-19/h2-7,10-13H,8-9,14-17H2,1H3,(H,21,22). The highest BCUT2D eigenvalue weighted by Crippen LogP contribution is 2.24. The Morgan fingerprint density at radius 1 is 0.870 bits per heavy atom. The second kappa shape index (κ2) is 8.68. The molecule has 0 saturated carbocycles. The van der Waals surface area contributed by atoms with Crippen molar-refractivity contribution in [1.29, 1.82) is 0 Å². The maximum Gasteiger partial charge on any atom is 0.303 e. The molecule has 0 atom stereocenters. The highest BCUT2D eigenvalue weighted by molar-refractivity contribution is 6.77. The van der Waals surface area contributed by atoms with E-state index in [0.29, 0.717) is 6.42 Å². The Morgan fingerprint density at radius 2 is 1.35 bits per heavy atom. The van der Waals surface area contributed by atoms with Crippen LogP contribution in [0.2, 0.25) is 12.6 Å². The minimum Gasteiger partial charge on any atom is -0.481 e. The Balaban J connectivity index is 2.04. The minimum atomic E-state index is -1.50. The van der Waals surface area contributed by atoms with Gasteiger partial charge < -0.3 is 5.11 Å². The van der Waals surface area contributed by atoms with Crippen molar-refractivity contribution >= 4 is 14.0 Å². The molecule has 0 aliphatic carbocycles. The summed E-state index contributed by atoms with van der Waals surface area (Å²) in [6.45, 7) is 2.47. The molecule has 2 aromatic rings. The SMILES string of the molecule is C[Si](CCCCC(=O)O)(Cc1ccccc1)Cc1ccccc1. The zero-order valence-electron chi connectivity index (χ0n) is 13.9. The Morgan fingerprint density at radius 3 is 1.78 bits per heavy atom. The van der Waals surface area contributed by atoms with E-state index >= 15 is 0 Å². The minimum absolute atomic E-state index is 0.293. The van der Waals surface area contributed by atoms with Crippen LogP contribution >= 0.6 is 0 Å². The Labute approximate surface area is 140 Å². The lowest BCUT2D eigenvalue weighted by molar-refractivity contribution is -0.137. The highest BCUT2D eigenvalue weighted by atomic mass is 28.3. The molecule has 0 heterocycles. The Bertz CT molecular complexity index is 554. The number of hydrogen-bond donors (Lipinski definition) is 1. The fourth-order valence-electron chi connectivity index (χ4n) is 3.24.